The van der Waals surface area contributed by atoms with Crippen molar-refractivity contribution in [2.75, 3.05) is 6.54 Å². The summed E-state index contributed by atoms with van der Waals surface area (Å²) in [4.78, 5) is 11.6. The normalized spacial score (nSPS) is 15.5. The molecule has 0 aromatic carbocycles. The van der Waals surface area contributed by atoms with Gasteiger partial charge in [0.25, 0.3) is 0 Å². The van der Waals surface area contributed by atoms with Crippen LogP contribution in [0.5, 0.6) is 0 Å². The van der Waals surface area contributed by atoms with E-state index in [4.69, 9.17) is 9.51 Å². The molecule has 0 bridgehead atoms. The molecule has 0 radical (unpaired) electrons. The maximum Gasteiger partial charge on any atom is 0.138 e. The Balaban J connectivity index is 1.79. The second-order valence-corrected chi connectivity index (χ2v) is 6.12. The highest BCUT2D eigenvalue weighted by Crippen LogP contribution is 2.22. The molecule has 0 amide bonds. The standard InChI is InChI=1S/C16H22N4O/c1-10(2)16-17-7-13-5-6-20(9-15(13)18-16)8-14-11(3)19-21-12(14)4/h7,10H,5-6,8-9H2,1-4H3. The van der Waals surface area contributed by atoms with Gasteiger partial charge in [0.1, 0.15) is 11.6 Å². The topological polar surface area (TPSA) is 55.1 Å². The van der Waals surface area contributed by atoms with Crippen LogP contribution in [-0.2, 0) is 19.5 Å². The molecule has 21 heavy (non-hydrogen) atoms. The Labute approximate surface area is 125 Å². The minimum atomic E-state index is 0.369. The molecule has 0 fully saturated rings. The third-order valence-corrected chi connectivity index (χ3v) is 4.12. The van der Waals surface area contributed by atoms with Crippen LogP contribution in [0.1, 0.15) is 53.9 Å². The zero-order chi connectivity index (χ0) is 15.0. The summed E-state index contributed by atoms with van der Waals surface area (Å²) in [5.74, 6) is 2.23. The van der Waals surface area contributed by atoms with E-state index in [1.54, 1.807) is 0 Å². The Morgan fingerprint density at radius 1 is 1.33 bits per heavy atom. The van der Waals surface area contributed by atoms with Gasteiger partial charge in [0.2, 0.25) is 0 Å². The molecule has 0 aliphatic carbocycles. The molecule has 0 N–H and O–H groups in total. The lowest BCUT2D eigenvalue weighted by Crippen LogP contribution is -2.31. The smallest absolute Gasteiger partial charge is 0.138 e. The zero-order valence-corrected chi connectivity index (χ0v) is 13.2. The number of fused-ring (bicyclic) bond motifs is 1. The van der Waals surface area contributed by atoms with Crippen molar-refractivity contribution in [3.05, 3.63) is 40.3 Å². The van der Waals surface area contributed by atoms with Gasteiger partial charge < -0.3 is 4.52 Å². The van der Waals surface area contributed by atoms with Crippen molar-refractivity contribution in [3.63, 3.8) is 0 Å². The third kappa shape index (κ3) is 2.83. The summed E-state index contributed by atoms with van der Waals surface area (Å²) in [5.41, 5.74) is 4.65. The Hall–Kier alpha value is -1.75. The van der Waals surface area contributed by atoms with Crippen molar-refractivity contribution in [1.82, 2.24) is 20.0 Å². The van der Waals surface area contributed by atoms with Crippen molar-refractivity contribution >= 4 is 0 Å². The van der Waals surface area contributed by atoms with Crippen molar-refractivity contribution < 1.29 is 4.52 Å². The van der Waals surface area contributed by atoms with Crippen molar-refractivity contribution in [2.45, 2.75) is 53.1 Å². The minimum absolute atomic E-state index is 0.369. The lowest BCUT2D eigenvalue weighted by Gasteiger charge is -2.28. The fourth-order valence-electron chi connectivity index (χ4n) is 2.74. The van der Waals surface area contributed by atoms with E-state index in [1.165, 1.54) is 16.8 Å². The molecular formula is C16H22N4O. The predicted molar refractivity (Wildman–Crippen MR) is 79.9 cm³/mol. The average Bonchev–Trinajstić information content (AvgIpc) is 2.78. The lowest BCUT2D eigenvalue weighted by atomic mass is 10.0. The van der Waals surface area contributed by atoms with Gasteiger partial charge in [-0.05, 0) is 25.8 Å². The first-order valence-electron chi connectivity index (χ1n) is 7.53. The van der Waals surface area contributed by atoms with E-state index in [-0.39, 0.29) is 0 Å². The number of nitrogens with zero attached hydrogens (tertiary/aromatic N) is 4. The number of hydrogen-bond donors (Lipinski definition) is 0. The average molecular weight is 286 g/mol. The van der Waals surface area contributed by atoms with Gasteiger partial charge in [-0.1, -0.05) is 19.0 Å². The highest BCUT2D eigenvalue weighted by Gasteiger charge is 2.21. The van der Waals surface area contributed by atoms with E-state index < -0.39 is 0 Å². The first-order chi connectivity index (χ1) is 10.0. The van der Waals surface area contributed by atoms with Gasteiger partial charge in [-0.2, -0.15) is 0 Å². The van der Waals surface area contributed by atoms with Gasteiger partial charge in [0.05, 0.1) is 11.4 Å². The highest BCUT2D eigenvalue weighted by molar-refractivity contribution is 5.24. The predicted octanol–water partition coefficient (Wildman–Crippen LogP) is 2.76. The Kier molecular flexibility index (Phi) is 3.76. The van der Waals surface area contributed by atoms with Crippen LogP contribution in [0.2, 0.25) is 0 Å². The molecule has 3 rings (SSSR count). The molecule has 0 spiro atoms. The molecule has 2 aromatic heterocycles. The first kappa shape index (κ1) is 14.2. The largest absolute Gasteiger partial charge is 0.361 e. The van der Waals surface area contributed by atoms with Crippen molar-refractivity contribution in [3.8, 4) is 0 Å². The van der Waals surface area contributed by atoms with Crippen LogP contribution < -0.4 is 0 Å². The number of aryl methyl sites for hydroxylation is 2. The molecule has 5 heteroatoms. The summed E-state index contributed by atoms with van der Waals surface area (Å²) in [7, 11) is 0. The van der Waals surface area contributed by atoms with E-state index in [1.807, 2.05) is 20.0 Å². The lowest BCUT2D eigenvalue weighted by molar-refractivity contribution is 0.238. The fraction of sp³-hybridized carbons (Fsp3) is 0.562. The van der Waals surface area contributed by atoms with Crippen molar-refractivity contribution in [1.29, 1.82) is 0 Å². The molecule has 5 nitrogen and oxygen atoms in total. The summed E-state index contributed by atoms with van der Waals surface area (Å²) in [6, 6.07) is 0. The molecule has 3 heterocycles. The van der Waals surface area contributed by atoms with Gasteiger partial charge >= 0.3 is 0 Å². The summed E-state index contributed by atoms with van der Waals surface area (Å²) >= 11 is 0. The Morgan fingerprint density at radius 3 is 2.81 bits per heavy atom. The van der Waals surface area contributed by atoms with Gasteiger partial charge in [-0.25, -0.2) is 9.97 Å². The molecule has 2 aromatic rings. The molecule has 0 atom stereocenters. The van der Waals surface area contributed by atoms with E-state index in [2.05, 4.69) is 28.9 Å². The second-order valence-electron chi connectivity index (χ2n) is 6.12. The van der Waals surface area contributed by atoms with E-state index in [9.17, 15) is 0 Å². The quantitative estimate of drug-likeness (QED) is 0.868. The summed E-state index contributed by atoms with van der Waals surface area (Å²) < 4.78 is 5.25. The van der Waals surface area contributed by atoms with Crippen LogP contribution >= 0.6 is 0 Å². The minimum Gasteiger partial charge on any atom is -0.361 e. The maximum absolute atomic E-state index is 5.25. The van der Waals surface area contributed by atoms with Crippen LogP contribution in [0, 0.1) is 13.8 Å². The summed E-state index contributed by atoms with van der Waals surface area (Å²) in [6.07, 6.45) is 3.02. The number of rotatable bonds is 3. The van der Waals surface area contributed by atoms with Crippen LogP contribution in [0.25, 0.3) is 0 Å². The SMILES string of the molecule is Cc1noc(C)c1CN1CCc2cnc(C(C)C)nc2C1. The Morgan fingerprint density at radius 2 is 2.14 bits per heavy atom. The highest BCUT2D eigenvalue weighted by atomic mass is 16.5. The second kappa shape index (κ2) is 5.56. The zero-order valence-electron chi connectivity index (χ0n) is 13.2. The van der Waals surface area contributed by atoms with Crippen LogP contribution in [0.3, 0.4) is 0 Å². The molecule has 1 aliphatic rings. The molecule has 1 aliphatic heterocycles. The van der Waals surface area contributed by atoms with Crippen LogP contribution in [-0.4, -0.2) is 26.6 Å². The molecule has 112 valence electrons. The van der Waals surface area contributed by atoms with Crippen molar-refractivity contribution in [2.24, 2.45) is 0 Å². The fourth-order valence-corrected chi connectivity index (χ4v) is 2.74. The van der Waals surface area contributed by atoms with Gasteiger partial charge in [0, 0.05) is 37.3 Å². The van der Waals surface area contributed by atoms with E-state index >= 15 is 0 Å². The van der Waals surface area contributed by atoms with Gasteiger partial charge in [0.15, 0.2) is 0 Å². The van der Waals surface area contributed by atoms with E-state index in [0.29, 0.717) is 5.92 Å². The van der Waals surface area contributed by atoms with Crippen LogP contribution in [0.15, 0.2) is 10.7 Å². The third-order valence-electron chi connectivity index (χ3n) is 4.12. The first-order valence-corrected chi connectivity index (χ1v) is 7.53. The molecule has 0 saturated heterocycles. The summed E-state index contributed by atoms with van der Waals surface area (Å²) in [6.45, 7) is 11.0. The molecular weight excluding hydrogens is 264 g/mol. The maximum atomic E-state index is 5.25. The molecule has 0 unspecified atom stereocenters. The van der Waals surface area contributed by atoms with Gasteiger partial charge in [-0.15, -0.1) is 0 Å². The number of hydrogen-bond acceptors (Lipinski definition) is 5. The molecule has 0 saturated carbocycles. The Bertz CT molecular complexity index is 628. The summed E-state index contributed by atoms with van der Waals surface area (Å²) in [5, 5.41) is 4.04. The van der Waals surface area contributed by atoms with E-state index in [0.717, 1.165) is 43.3 Å². The monoisotopic (exact) mass is 286 g/mol. The van der Waals surface area contributed by atoms with Crippen LogP contribution in [0.4, 0.5) is 0 Å². The number of aromatic nitrogens is 3. The van der Waals surface area contributed by atoms with Gasteiger partial charge in [-0.3, -0.25) is 4.90 Å².